The van der Waals surface area contributed by atoms with Crippen LogP contribution in [-0.4, -0.2) is 59.1 Å². The van der Waals surface area contributed by atoms with Crippen molar-refractivity contribution in [1.82, 2.24) is 8.87 Å². The normalized spacial score (nSPS) is 16.4. The van der Waals surface area contributed by atoms with Gasteiger partial charge in [-0.05, 0) is 37.4 Å². The molecule has 0 N–H and O–H groups in total. The van der Waals surface area contributed by atoms with E-state index in [-0.39, 0.29) is 27.1 Å². The van der Waals surface area contributed by atoms with Crippen LogP contribution in [0.25, 0.3) is 10.9 Å². The summed E-state index contributed by atoms with van der Waals surface area (Å²) >= 11 is 6.04. The van der Waals surface area contributed by atoms with Gasteiger partial charge in [-0.3, -0.25) is 3.97 Å². The third-order valence-electron chi connectivity index (χ3n) is 5.55. The molecular formula is C22H21ClF5N3O2S. The molecule has 3 aromatic rings. The molecule has 1 aliphatic rings. The molecule has 0 spiro atoms. The van der Waals surface area contributed by atoms with Crippen molar-refractivity contribution in [2.24, 2.45) is 0 Å². The molecule has 0 saturated carbocycles. The number of ether oxygens (including phenoxy) is 1. The minimum Gasteiger partial charge on any atom is -0.482 e. The Hall–Kier alpha value is -2.37. The maximum atomic E-state index is 13.6. The van der Waals surface area contributed by atoms with Gasteiger partial charge in [-0.25, -0.2) is 13.0 Å². The summed E-state index contributed by atoms with van der Waals surface area (Å²) in [7, 11) is -0.0293. The monoisotopic (exact) mass is 521 g/mol. The van der Waals surface area contributed by atoms with Crippen LogP contribution < -0.4 is 9.64 Å². The highest BCUT2D eigenvalue weighted by atomic mass is 35.5. The molecule has 1 aromatic heterocycles. The summed E-state index contributed by atoms with van der Waals surface area (Å²) in [5.41, 5.74) is 0.343. The third kappa shape index (κ3) is 5.31. The number of nitrogens with zero attached hydrogens (tertiary/aromatic N) is 3. The van der Waals surface area contributed by atoms with Crippen molar-refractivity contribution in [3.63, 3.8) is 0 Å². The number of hydrogen-bond donors (Lipinski definition) is 0. The number of fused-ring (bicyclic) bond motifs is 1. The van der Waals surface area contributed by atoms with Crippen LogP contribution in [0.4, 0.5) is 27.6 Å². The Morgan fingerprint density at radius 3 is 2.44 bits per heavy atom. The molecule has 1 atom stereocenters. The lowest BCUT2D eigenvalue weighted by atomic mass is 10.2. The van der Waals surface area contributed by atoms with E-state index in [0.29, 0.717) is 36.9 Å². The molecule has 12 heteroatoms. The van der Waals surface area contributed by atoms with Crippen LogP contribution in [0.1, 0.15) is 12.0 Å². The Kier molecular flexibility index (Phi) is 7.07. The van der Waals surface area contributed by atoms with Gasteiger partial charge >= 0.3 is 6.18 Å². The second-order valence-electron chi connectivity index (χ2n) is 7.95. The minimum absolute atomic E-state index is 0.0105. The fraction of sp³-hybridized carbons (Fsp3) is 0.364. The van der Waals surface area contributed by atoms with Gasteiger partial charge in [-0.1, -0.05) is 17.7 Å². The first kappa shape index (κ1) is 24.7. The molecule has 2 aromatic carbocycles. The summed E-state index contributed by atoms with van der Waals surface area (Å²) in [6.07, 6.45) is -6.19. The van der Waals surface area contributed by atoms with Crippen molar-refractivity contribution in [2.75, 3.05) is 44.7 Å². The number of benzene rings is 2. The highest BCUT2D eigenvalue weighted by Gasteiger charge is 2.30. The van der Waals surface area contributed by atoms with E-state index < -0.39 is 30.2 Å². The molecule has 184 valence electrons. The zero-order valence-electron chi connectivity index (χ0n) is 18.0. The van der Waals surface area contributed by atoms with Crippen molar-refractivity contribution >= 4 is 39.2 Å². The molecule has 0 aliphatic carbocycles. The van der Waals surface area contributed by atoms with E-state index in [1.807, 2.05) is 11.9 Å². The van der Waals surface area contributed by atoms with Crippen LogP contribution in [0.2, 0.25) is 5.02 Å². The molecule has 1 fully saturated rings. The van der Waals surface area contributed by atoms with Crippen molar-refractivity contribution in [3.05, 3.63) is 53.2 Å². The molecule has 0 amide bonds. The lowest BCUT2D eigenvalue weighted by Crippen LogP contribution is -2.44. The predicted octanol–water partition coefficient (Wildman–Crippen LogP) is 5.50. The number of hydrogen-bond acceptors (Lipinski definition) is 4. The average Bonchev–Trinajstić information content (AvgIpc) is 3.16. The van der Waals surface area contributed by atoms with Crippen molar-refractivity contribution in [2.45, 2.75) is 17.5 Å². The molecule has 1 saturated heterocycles. The van der Waals surface area contributed by atoms with E-state index in [0.717, 1.165) is 6.20 Å². The standard InChI is InChI=1S/C22H21ClF5N3O2S/c1-29-6-8-30(9-7-29)19-11-15(3-5-20(19)33-13-22(26,27)28)34(32)31-12-17(21(24)25)16-4-2-14(23)10-18(16)31/h2-5,10-12,21H,6-9,13H2,1H3. The van der Waals surface area contributed by atoms with Gasteiger partial charge in [-0.15, -0.1) is 0 Å². The van der Waals surface area contributed by atoms with Gasteiger partial charge in [0.2, 0.25) is 0 Å². The molecule has 0 radical (unpaired) electrons. The van der Waals surface area contributed by atoms with E-state index >= 15 is 0 Å². The fourth-order valence-electron chi connectivity index (χ4n) is 3.80. The van der Waals surface area contributed by atoms with Gasteiger partial charge < -0.3 is 14.5 Å². The summed E-state index contributed by atoms with van der Waals surface area (Å²) in [5.74, 6) is 0.0105. The Balaban J connectivity index is 1.75. The SMILES string of the molecule is CN1CCN(c2cc(S(=O)n3cc(C(F)F)c4ccc(Cl)cc43)ccc2OCC(F)(F)F)CC1. The van der Waals surface area contributed by atoms with Gasteiger partial charge in [-0.2, -0.15) is 13.2 Å². The number of piperazine rings is 1. The van der Waals surface area contributed by atoms with Crippen LogP contribution in [-0.2, 0) is 11.0 Å². The lowest BCUT2D eigenvalue weighted by molar-refractivity contribution is -0.153. The molecule has 1 unspecified atom stereocenters. The predicted molar refractivity (Wildman–Crippen MR) is 121 cm³/mol. The Morgan fingerprint density at radius 1 is 1.09 bits per heavy atom. The number of rotatable bonds is 6. The van der Waals surface area contributed by atoms with E-state index in [4.69, 9.17) is 16.3 Å². The topological polar surface area (TPSA) is 37.7 Å². The average molecular weight is 522 g/mol. The zero-order chi connectivity index (χ0) is 24.6. The first-order chi connectivity index (χ1) is 16.0. The number of anilines is 1. The molecule has 2 heterocycles. The van der Waals surface area contributed by atoms with E-state index in [1.165, 1.54) is 40.4 Å². The number of likely N-dealkylation sites (N-methyl/N-ethyl adjacent to an activating group) is 1. The molecule has 4 rings (SSSR count). The molecular weight excluding hydrogens is 501 g/mol. The second kappa shape index (κ2) is 9.71. The first-order valence-electron chi connectivity index (χ1n) is 10.3. The zero-order valence-corrected chi connectivity index (χ0v) is 19.6. The van der Waals surface area contributed by atoms with Crippen LogP contribution in [0, 0.1) is 0 Å². The number of alkyl halides is 5. The quantitative estimate of drug-likeness (QED) is 0.402. The van der Waals surface area contributed by atoms with Crippen molar-refractivity contribution in [1.29, 1.82) is 0 Å². The second-order valence-corrected chi connectivity index (χ2v) is 9.74. The summed E-state index contributed by atoms with van der Waals surface area (Å²) < 4.78 is 85.2. The molecule has 34 heavy (non-hydrogen) atoms. The van der Waals surface area contributed by atoms with Gasteiger partial charge in [0.25, 0.3) is 6.43 Å². The van der Waals surface area contributed by atoms with Crippen molar-refractivity contribution in [3.8, 4) is 5.75 Å². The van der Waals surface area contributed by atoms with Crippen LogP contribution in [0.3, 0.4) is 0 Å². The van der Waals surface area contributed by atoms with Crippen LogP contribution in [0.5, 0.6) is 5.75 Å². The highest BCUT2D eigenvalue weighted by molar-refractivity contribution is 7.83. The Morgan fingerprint density at radius 2 is 1.79 bits per heavy atom. The highest BCUT2D eigenvalue weighted by Crippen LogP contribution is 2.36. The summed E-state index contributed by atoms with van der Waals surface area (Å²) in [6, 6.07) is 8.56. The van der Waals surface area contributed by atoms with Gasteiger partial charge in [0.15, 0.2) is 17.6 Å². The van der Waals surface area contributed by atoms with Gasteiger partial charge in [0.05, 0.1) is 16.1 Å². The van der Waals surface area contributed by atoms with E-state index in [2.05, 4.69) is 4.90 Å². The molecule has 1 aliphatic heterocycles. The molecule has 5 nitrogen and oxygen atoms in total. The molecule has 0 bridgehead atoms. The number of aromatic nitrogens is 1. The maximum Gasteiger partial charge on any atom is 0.422 e. The van der Waals surface area contributed by atoms with E-state index in [9.17, 15) is 26.2 Å². The number of halogens is 6. The fourth-order valence-corrected chi connectivity index (χ4v) is 5.13. The summed E-state index contributed by atoms with van der Waals surface area (Å²) in [6.45, 7) is 0.975. The first-order valence-corrected chi connectivity index (χ1v) is 11.8. The third-order valence-corrected chi connectivity index (χ3v) is 7.10. The van der Waals surface area contributed by atoms with E-state index in [1.54, 1.807) is 0 Å². The smallest absolute Gasteiger partial charge is 0.422 e. The summed E-state index contributed by atoms with van der Waals surface area (Å²) in [4.78, 5) is 4.17. The van der Waals surface area contributed by atoms with Crippen molar-refractivity contribution < 1.29 is 30.9 Å². The van der Waals surface area contributed by atoms with Crippen LogP contribution >= 0.6 is 11.6 Å². The van der Waals surface area contributed by atoms with Crippen LogP contribution in [0.15, 0.2) is 47.5 Å². The Bertz CT molecular complexity index is 1210. The maximum absolute atomic E-state index is 13.6. The Labute approximate surface area is 200 Å². The summed E-state index contributed by atoms with van der Waals surface area (Å²) in [5, 5.41) is 0.510. The minimum atomic E-state index is -4.52. The largest absolute Gasteiger partial charge is 0.482 e. The lowest BCUT2D eigenvalue weighted by Gasteiger charge is -2.35. The van der Waals surface area contributed by atoms with Gasteiger partial charge in [0.1, 0.15) is 5.75 Å². The van der Waals surface area contributed by atoms with Gasteiger partial charge in [0, 0.05) is 48.3 Å².